The van der Waals surface area contributed by atoms with Crippen molar-refractivity contribution in [2.75, 3.05) is 0 Å². The van der Waals surface area contributed by atoms with E-state index in [9.17, 15) is 14.4 Å². The number of carboxylic acid groups (broad SMARTS) is 1. The summed E-state index contributed by atoms with van der Waals surface area (Å²) < 4.78 is 1.29. The van der Waals surface area contributed by atoms with Gasteiger partial charge in [-0.2, -0.15) is 0 Å². The maximum Gasteiger partial charge on any atom is 0.305 e. The van der Waals surface area contributed by atoms with Crippen LogP contribution in [0.1, 0.15) is 23.7 Å². The van der Waals surface area contributed by atoms with E-state index in [0.29, 0.717) is 0 Å². The molecule has 2 N–H and O–H groups in total. The van der Waals surface area contributed by atoms with E-state index in [0.717, 1.165) is 0 Å². The van der Waals surface area contributed by atoms with Crippen molar-refractivity contribution in [3.8, 4) is 0 Å². The Labute approximate surface area is 97.9 Å². The molecule has 0 aromatic carbocycles. The number of aryl methyl sites for hydroxylation is 1. The molecule has 17 heavy (non-hydrogen) atoms. The van der Waals surface area contributed by atoms with Gasteiger partial charge in [-0.25, -0.2) is 0 Å². The summed E-state index contributed by atoms with van der Waals surface area (Å²) >= 11 is 0. The van der Waals surface area contributed by atoms with Gasteiger partial charge in [0.15, 0.2) is 0 Å². The molecule has 1 atom stereocenters. The summed E-state index contributed by atoms with van der Waals surface area (Å²) in [6.45, 7) is 1.57. The van der Waals surface area contributed by atoms with E-state index in [2.05, 4.69) is 5.32 Å². The first-order valence-corrected chi connectivity index (χ1v) is 5.10. The van der Waals surface area contributed by atoms with Crippen molar-refractivity contribution < 1.29 is 14.7 Å². The molecule has 92 valence electrons. The van der Waals surface area contributed by atoms with E-state index < -0.39 is 23.5 Å². The number of carbonyl (C=O) groups excluding carboxylic acids is 1. The van der Waals surface area contributed by atoms with Crippen molar-refractivity contribution in [2.24, 2.45) is 7.05 Å². The highest BCUT2D eigenvalue weighted by Crippen LogP contribution is 1.95. The van der Waals surface area contributed by atoms with Crippen LogP contribution in [0.15, 0.2) is 23.1 Å². The van der Waals surface area contributed by atoms with Crippen LogP contribution in [0.25, 0.3) is 0 Å². The predicted molar refractivity (Wildman–Crippen MR) is 60.9 cm³/mol. The molecule has 1 unspecified atom stereocenters. The number of hydrogen-bond donors (Lipinski definition) is 2. The van der Waals surface area contributed by atoms with Gasteiger partial charge in [-0.05, 0) is 19.1 Å². The number of rotatable bonds is 4. The van der Waals surface area contributed by atoms with Crippen LogP contribution in [0.2, 0.25) is 0 Å². The normalized spacial score (nSPS) is 11.9. The Bertz CT molecular complexity index is 492. The summed E-state index contributed by atoms with van der Waals surface area (Å²) in [6.07, 6.45) is 1.36. The summed E-state index contributed by atoms with van der Waals surface area (Å²) in [5, 5.41) is 11.0. The number of amides is 1. The second-order valence-electron chi connectivity index (χ2n) is 3.81. The predicted octanol–water partition coefficient (Wildman–Crippen LogP) is -0.0217. The number of pyridine rings is 1. The minimum absolute atomic E-state index is 0.00670. The van der Waals surface area contributed by atoms with E-state index in [1.165, 1.54) is 10.6 Å². The fourth-order valence-electron chi connectivity index (χ4n) is 1.38. The Balaban J connectivity index is 2.80. The lowest BCUT2D eigenvalue weighted by Crippen LogP contribution is -2.38. The van der Waals surface area contributed by atoms with Gasteiger partial charge in [0, 0.05) is 19.3 Å². The third kappa shape index (κ3) is 3.44. The first kappa shape index (κ1) is 13.0. The van der Waals surface area contributed by atoms with Gasteiger partial charge in [0.2, 0.25) is 0 Å². The summed E-state index contributed by atoms with van der Waals surface area (Å²) in [5.74, 6) is -1.56. The first-order valence-electron chi connectivity index (χ1n) is 5.10. The maximum absolute atomic E-state index is 11.7. The molecule has 6 heteroatoms. The molecule has 0 radical (unpaired) electrons. The quantitative estimate of drug-likeness (QED) is 0.771. The van der Waals surface area contributed by atoms with Crippen molar-refractivity contribution in [1.82, 2.24) is 9.88 Å². The van der Waals surface area contributed by atoms with Gasteiger partial charge in [0.05, 0.1) is 6.42 Å². The van der Waals surface area contributed by atoms with Crippen LogP contribution >= 0.6 is 0 Å². The molecular weight excluding hydrogens is 224 g/mol. The molecule has 0 saturated heterocycles. The van der Waals surface area contributed by atoms with Gasteiger partial charge in [0.1, 0.15) is 5.56 Å². The van der Waals surface area contributed by atoms with Gasteiger partial charge >= 0.3 is 5.97 Å². The highest BCUT2D eigenvalue weighted by Gasteiger charge is 2.15. The lowest BCUT2D eigenvalue weighted by Gasteiger charge is -2.11. The maximum atomic E-state index is 11.7. The minimum atomic E-state index is -1.00. The SMILES string of the molecule is CC(CC(=O)O)NC(=O)c1cccn(C)c1=O. The van der Waals surface area contributed by atoms with Gasteiger partial charge < -0.3 is 15.0 Å². The van der Waals surface area contributed by atoms with Crippen LogP contribution in [0.4, 0.5) is 0 Å². The molecule has 1 aromatic heterocycles. The average molecular weight is 238 g/mol. The van der Waals surface area contributed by atoms with E-state index in [1.807, 2.05) is 0 Å². The zero-order valence-corrected chi connectivity index (χ0v) is 9.64. The number of nitrogens with one attached hydrogen (secondary N) is 1. The van der Waals surface area contributed by atoms with E-state index in [4.69, 9.17) is 5.11 Å². The van der Waals surface area contributed by atoms with Crippen LogP contribution < -0.4 is 10.9 Å². The molecule has 0 fully saturated rings. The summed E-state index contributed by atoms with van der Waals surface area (Å²) in [5.41, 5.74) is -0.403. The molecule has 6 nitrogen and oxygen atoms in total. The number of carboxylic acids is 1. The topological polar surface area (TPSA) is 88.4 Å². The molecule has 1 rings (SSSR count). The fourth-order valence-corrected chi connectivity index (χ4v) is 1.38. The lowest BCUT2D eigenvalue weighted by atomic mass is 10.2. The average Bonchev–Trinajstić information content (AvgIpc) is 2.20. The Morgan fingerprint density at radius 2 is 2.18 bits per heavy atom. The Morgan fingerprint density at radius 1 is 1.53 bits per heavy atom. The standard InChI is InChI=1S/C11H14N2O4/c1-7(6-9(14)15)12-10(16)8-4-3-5-13(2)11(8)17/h3-5,7H,6H2,1-2H3,(H,12,16)(H,14,15). The minimum Gasteiger partial charge on any atom is -0.481 e. The second kappa shape index (κ2) is 5.29. The molecule has 0 saturated carbocycles. The number of aromatic nitrogens is 1. The lowest BCUT2D eigenvalue weighted by molar-refractivity contribution is -0.137. The van der Waals surface area contributed by atoms with Crippen LogP contribution in [0.5, 0.6) is 0 Å². The van der Waals surface area contributed by atoms with Gasteiger partial charge in [-0.15, -0.1) is 0 Å². The molecule has 0 aliphatic rings. The number of nitrogens with zero attached hydrogens (tertiary/aromatic N) is 1. The molecule has 1 amide bonds. The molecular formula is C11H14N2O4. The summed E-state index contributed by atoms with van der Waals surface area (Å²) in [7, 11) is 1.54. The van der Waals surface area contributed by atoms with Gasteiger partial charge in [-0.3, -0.25) is 14.4 Å². The van der Waals surface area contributed by atoms with Crippen molar-refractivity contribution in [1.29, 1.82) is 0 Å². The molecule has 1 aromatic rings. The zero-order valence-electron chi connectivity index (χ0n) is 9.64. The number of aliphatic carboxylic acids is 1. The fraction of sp³-hybridized carbons (Fsp3) is 0.364. The Kier molecular flexibility index (Phi) is 4.03. The van der Waals surface area contributed by atoms with E-state index in [-0.39, 0.29) is 12.0 Å². The number of hydrogen-bond acceptors (Lipinski definition) is 3. The van der Waals surface area contributed by atoms with E-state index >= 15 is 0 Å². The van der Waals surface area contributed by atoms with Crippen molar-refractivity contribution >= 4 is 11.9 Å². The monoisotopic (exact) mass is 238 g/mol. The molecule has 1 heterocycles. The molecule has 0 spiro atoms. The Morgan fingerprint density at radius 3 is 2.76 bits per heavy atom. The third-order valence-corrected chi connectivity index (χ3v) is 2.23. The molecule has 0 aliphatic heterocycles. The third-order valence-electron chi connectivity index (χ3n) is 2.23. The van der Waals surface area contributed by atoms with Crippen molar-refractivity contribution in [2.45, 2.75) is 19.4 Å². The zero-order chi connectivity index (χ0) is 13.0. The largest absolute Gasteiger partial charge is 0.481 e. The van der Waals surface area contributed by atoms with Crippen molar-refractivity contribution in [3.63, 3.8) is 0 Å². The van der Waals surface area contributed by atoms with E-state index in [1.54, 1.807) is 26.2 Å². The summed E-state index contributed by atoms with van der Waals surface area (Å²) in [6, 6.07) is 2.47. The first-order chi connectivity index (χ1) is 7.91. The van der Waals surface area contributed by atoms with Crippen LogP contribution in [0, 0.1) is 0 Å². The highest BCUT2D eigenvalue weighted by atomic mass is 16.4. The Hall–Kier alpha value is -2.11. The van der Waals surface area contributed by atoms with Gasteiger partial charge in [0.25, 0.3) is 11.5 Å². The van der Waals surface area contributed by atoms with Crippen LogP contribution in [-0.2, 0) is 11.8 Å². The van der Waals surface area contributed by atoms with Crippen LogP contribution in [0.3, 0.4) is 0 Å². The molecule has 0 aliphatic carbocycles. The second-order valence-corrected chi connectivity index (χ2v) is 3.81. The van der Waals surface area contributed by atoms with Crippen molar-refractivity contribution in [3.05, 3.63) is 34.2 Å². The summed E-state index contributed by atoms with van der Waals surface area (Å²) in [4.78, 5) is 33.7. The molecule has 0 bridgehead atoms. The number of carbonyl (C=O) groups is 2. The van der Waals surface area contributed by atoms with Crippen LogP contribution in [-0.4, -0.2) is 27.6 Å². The van der Waals surface area contributed by atoms with Gasteiger partial charge in [-0.1, -0.05) is 0 Å². The highest BCUT2D eigenvalue weighted by molar-refractivity contribution is 5.94. The smallest absolute Gasteiger partial charge is 0.305 e.